The molecular weight excluding hydrogens is 206 g/mol. The Kier molecular flexibility index (Phi) is 5.73. The number of amides is 1. The van der Waals surface area contributed by atoms with Crippen LogP contribution in [0.1, 0.15) is 19.8 Å². The van der Waals surface area contributed by atoms with Crippen molar-refractivity contribution in [2.24, 2.45) is 5.73 Å². The van der Waals surface area contributed by atoms with Crippen LogP contribution in [0.2, 0.25) is 0 Å². The van der Waals surface area contributed by atoms with Gasteiger partial charge in [0.25, 0.3) is 0 Å². The number of nitrogens with two attached hydrogens (primary N) is 1. The number of aliphatic hydroxyl groups is 1. The summed E-state index contributed by atoms with van der Waals surface area (Å²) in [5.74, 6) is 0.224. The van der Waals surface area contributed by atoms with Crippen LogP contribution in [0, 0.1) is 0 Å². The number of β-amino-alcohol motifs (C(OH)–C–C–N with tert-alkyl or cyclic N) is 1. The highest BCUT2D eigenvalue weighted by Crippen LogP contribution is 2.05. The van der Waals surface area contributed by atoms with Crippen molar-refractivity contribution in [1.82, 2.24) is 9.80 Å². The predicted octanol–water partition coefficient (Wildman–Crippen LogP) is -0.750. The number of aliphatic hydroxyl groups excluding tert-OH is 1. The van der Waals surface area contributed by atoms with E-state index in [4.69, 9.17) is 5.73 Å². The van der Waals surface area contributed by atoms with E-state index < -0.39 is 0 Å². The Hall–Kier alpha value is -0.650. The number of piperazine rings is 1. The molecule has 3 N–H and O–H groups in total. The molecule has 0 saturated carbocycles. The van der Waals surface area contributed by atoms with Gasteiger partial charge in [-0.3, -0.25) is 9.69 Å². The molecule has 0 bridgehead atoms. The van der Waals surface area contributed by atoms with E-state index in [-0.39, 0.29) is 12.0 Å². The van der Waals surface area contributed by atoms with Gasteiger partial charge in [-0.25, -0.2) is 0 Å². The average molecular weight is 229 g/mol. The van der Waals surface area contributed by atoms with Crippen LogP contribution in [0.3, 0.4) is 0 Å². The lowest BCUT2D eigenvalue weighted by Crippen LogP contribution is -2.50. The highest BCUT2D eigenvalue weighted by atomic mass is 16.3. The summed E-state index contributed by atoms with van der Waals surface area (Å²) in [6, 6.07) is 0. The van der Waals surface area contributed by atoms with Crippen molar-refractivity contribution in [2.45, 2.75) is 25.9 Å². The minimum atomic E-state index is -0.335. The molecule has 94 valence electrons. The van der Waals surface area contributed by atoms with Gasteiger partial charge in [0.05, 0.1) is 6.10 Å². The fourth-order valence-electron chi connectivity index (χ4n) is 1.99. The molecule has 0 aliphatic carbocycles. The van der Waals surface area contributed by atoms with E-state index in [9.17, 15) is 9.90 Å². The largest absolute Gasteiger partial charge is 0.392 e. The summed E-state index contributed by atoms with van der Waals surface area (Å²) in [5, 5.41) is 9.62. The Bertz CT molecular complexity index is 215. The Balaban J connectivity index is 2.24. The minimum absolute atomic E-state index is 0.224. The second kappa shape index (κ2) is 6.83. The summed E-state index contributed by atoms with van der Waals surface area (Å²) < 4.78 is 0. The van der Waals surface area contributed by atoms with Crippen LogP contribution in [0.25, 0.3) is 0 Å². The fourth-order valence-corrected chi connectivity index (χ4v) is 1.99. The van der Waals surface area contributed by atoms with Crippen LogP contribution in [0.15, 0.2) is 0 Å². The lowest BCUT2D eigenvalue weighted by atomic mass is 10.2. The number of hydrogen-bond acceptors (Lipinski definition) is 4. The maximum Gasteiger partial charge on any atom is 0.222 e. The molecule has 1 unspecified atom stereocenters. The van der Waals surface area contributed by atoms with Crippen LogP contribution < -0.4 is 5.73 Å². The number of hydrogen-bond donors (Lipinski definition) is 2. The standard InChI is InChI=1S/C11H23N3O2/c1-2-11(16)14-7-5-13(6-8-14)9-10(15)3-4-12/h10,15H,2-9,12H2,1H3. The van der Waals surface area contributed by atoms with Crippen molar-refractivity contribution in [3.63, 3.8) is 0 Å². The summed E-state index contributed by atoms with van der Waals surface area (Å²) in [5.41, 5.74) is 5.38. The SMILES string of the molecule is CCC(=O)N1CCN(CC(O)CCN)CC1. The van der Waals surface area contributed by atoms with Gasteiger partial charge >= 0.3 is 0 Å². The van der Waals surface area contributed by atoms with Crippen molar-refractivity contribution in [1.29, 1.82) is 0 Å². The van der Waals surface area contributed by atoms with E-state index in [1.807, 2.05) is 11.8 Å². The van der Waals surface area contributed by atoms with Crippen LogP contribution in [0.5, 0.6) is 0 Å². The number of carbonyl (C=O) groups is 1. The molecule has 0 aromatic carbocycles. The van der Waals surface area contributed by atoms with Gasteiger partial charge in [0.1, 0.15) is 0 Å². The van der Waals surface area contributed by atoms with Crippen molar-refractivity contribution >= 4 is 5.91 Å². The minimum Gasteiger partial charge on any atom is -0.392 e. The van der Waals surface area contributed by atoms with E-state index in [2.05, 4.69) is 4.90 Å². The zero-order valence-electron chi connectivity index (χ0n) is 10.1. The van der Waals surface area contributed by atoms with Crippen molar-refractivity contribution in [3.8, 4) is 0 Å². The smallest absolute Gasteiger partial charge is 0.222 e. The fraction of sp³-hybridized carbons (Fsp3) is 0.909. The Labute approximate surface area is 97.2 Å². The average Bonchev–Trinajstić information content (AvgIpc) is 2.29. The van der Waals surface area contributed by atoms with E-state index in [0.717, 1.165) is 26.2 Å². The molecule has 1 heterocycles. The lowest BCUT2D eigenvalue weighted by molar-refractivity contribution is -0.132. The lowest BCUT2D eigenvalue weighted by Gasteiger charge is -2.35. The van der Waals surface area contributed by atoms with E-state index >= 15 is 0 Å². The third-order valence-corrected chi connectivity index (χ3v) is 3.00. The molecule has 0 radical (unpaired) electrons. The molecule has 0 aromatic rings. The van der Waals surface area contributed by atoms with Crippen LogP contribution >= 0.6 is 0 Å². The summed E-state index contributed by atoms with van der Waals surface area (Å²) in [6.45, 7) is 6.35. The maximum absolute atomic E-state index is 11.4. The number of nitrogens with zero attached hydrogens (tertiary/aromatic N) is 2. The molecule has 5 heteroatoms. The van der Waals surface area contributed by atoms with Crippen molar-refractivity contribution < 1.29 is 9.90 Å². The predicted molar refractivity (Wildman–Crippen MR) is 63.0 cm³/mol. The molecule has 16 heavy (non-hydrogen) atoms. The first-order valence-electron chi connectivity index (χ1n) is 6.05. The highest BCUT2D eigenvalue weighted by Gasteiger charge is 2.21. The third kappa shape index (κ3) is 4.08. The van der Waals surface area contributed by atoms with Gasteiger partial charge in [-0.2, -0.15) is 0 Å². The van der Waals surface area contributed by atoms with Gasteiger partial charge in [-0.1, -0.05) is 6.92 Å². The number of rotatable bonds is 5. The molecule has 0 aromatic heterocycles. The monoisotopic (exact) mass is 229 g/mol. The zero-order valence-corrected chi connectivity index (χ0v) is 10.1. The first-order chi connectivity index (χ1) is 7.67. The van der Waals surface area contributed by atoms with Gasteiger partial charge in [0, 0.05) is 39.1 Å². The summed E-state index contributed by atoms with van der Waals surface area (Å²) in [6.07, 6.45) is 0.891. The molecule has 5 nitrogen and oxygen atoms in total. The zero-order chi connectivity index (χ0) is 12.0. The molecule has 1 atom stereocenters. The first-order valence-corrected chi connectivity index (χ1v) is 6.05. The van der Waals surface area contributed by atoms with Gasteiger partial charge in [-0.15, -0.1) is 0 Å². The molecule has 1 aliphatic heterocycles. The Morgan fingerprint density at radius 3 is 2.50 bits per heavy atom. The molecule has 1 fully saturated rings. The van der Waals surface area contributed by atoms with Gasteiger partial charge in [-0.05, 0) is 13.0 Å². The van der Waals surface area contributed by atoms with E-state index in [0.29, 0.717) is 25.9 Å². The quantitative estimate of drug-likeness (QED) is 0.651. The molecule has 1 amide bonds. The summed E-state index contributed by atoms with van der Waals surface area (Å²) >= 11 is 0. The summed E-state index contributed by atoms with van der Waals surface area (Å²) in [4.78, 5) is 15.5. The van der Waals surface area contributed by atoms with Crippen LogP contribution in [0.4, 0.5) is 0 Å². The number of carbonyl (C=O) groups excluding carboxylic acids is 1. The van der Waals surface area contributed by atoms with Crippen LogP contribution in [-0.4, -0.2) is 66.2 Å². The van der Waals surface area contributed by atoms with Gasteiger partial charge in [0.15, 0.2) is 0 Å². The first kappa shape index (κ1) is 13.4. The van der Waals surface area contributed by atoms with E-state index in [1.165, 1.54) is 0 Å². The normalized spacial score (nSPS) is 19.8. The molecule has 0 spiro atoms. The Morgan fingerprint density at radius 1 is 1.38 bits per heavy atom. The van der Waals surface area contributed by atoms with E-state index in [1.54, 1.807) is 0 Å². The van der Waals surface area contributed by atoms with Gasteiger partial charge in [0.2, 0.25) is 5.91 Å². The van der Waals surface area contributed by atoms with Crippen molar-refractivity contribution in [2.75, 3.05) is 39.3 Å². The maximum atomic E-state index is 11.4. The molecule has 1 rings (SSSR count). The topological polar surface area (TPSA) is 69.8 Å². The van der Waals surface area contributed by atoms with Gasteiger partial charge < -0.3 is 15.7 Å². The van der Waals surface area contributed by atoms with Crippen LogP contribution in [-0.2, 0) is 4.79 Å². The molecule has 1 saturated heterocycles. The molecule has 1 aliphatic rings. The second-order valence-electron chi connectivity index (χ2n) is 4.27. The summed E-state index contributed by atoms with van der Waals surface area (Å²) in [7, 11) is 0. The molecular formula is C11H23N3O2. The highest BCUT2D eigenvalue weighted by molar-refractivity contribution is 5.75. The van der Waals surface area contributed by atoms with Crippen molar-refractivity contribution in [3.05, 3.63) is 0 Å². The Morgan fingerprint density at radius 2 is 2.00 bits per heavy atom. The third-order valence-electron chi connectivity index (χ3n) is 3.00. The second-order valence-corrected chi connectivity index (χ2v) is 4.27.